The highest BCUT2D eigenvalue weighted by Crippen LogP contribution is 2.15. The van der Waals surface area contributed by atoms with Gasteiger partial charge in [-0.25, -0.2) is 0 Å². The van der Waals surface area contributed by atoms with Gasteiger partial charge in [-0.1, -0.05) is 25.5 Å². The van der Waals surface area contributed by atoms with Gasteiger partial charge in [0.1, 0.15) is 5.75 Å². The highest BCUT2D eigenvalue weighted by molar-refractivity contribution is 5.76. The van der Waals surface area contributed by atoms with Crippen molar-refractivity contribution >= 4 is 5.91 Å². The molecule has 1 saturated heterocycles. The van der Waals surface area contributed by atoms with Crippen LogP contribution in [0.25, 0.3) is 0 Å². The first-order valence-corrected chi connectivity index (χ1v) is 7.79. The molecule has 110 valence electrons. The summed E-state index contributed by atoms with van der Waals surface area (Å²) in [5.74, 6) is 1.20. The maximum absolute atomic E-state index is 11.9. The zero-order valence-corrected chi connectivity index (χ0v) is 12.4. The number of hydrogen-bond donors (Lipinski definition) is 0. The number of ether oxygens (including phenoxy) is 1. The molecular formula is C17H25NO2. The second kappa shape index (κ2) is 7.93. The molecule has 1 heterocycles. The summed E-state index contributed by atoms with van der Waals surface area (Å²) in [6.45, 7) is 4.68. The molecule has 0 aromatic heterocycles. The number of aryl methyl sites for hydroxylation is 1. The van der Waals surface area contributed by atoms with Crippen LogP contribution in [0.4, 0.5) is 0 Å². The molecule has 1 fully saturated rings. The summed E-state index contributed by atoms with van der Waals surface area (Å²) >= 11 is 0. The monoisotopic (exact) mass is 275 g/mol. The zero-order valence-electron chi connectivity index (χ0n) is 12.4. The average molecular weight is 275 g/mol. The second-order valence-electron chi connectivity index (χ2n) is 5.44. The number of carbonyl (C=O) groups excluding carboxylic acids is 1. The number of rotatable bonds is 7. The molecule has 0 saturated carbocycles. The zero-order chi connectivity index (χ0) is 14.2. The van der Waals surface area contributed by atoms with Crippen molar-refractivity contribution < 1.29 is 9.53 Å². The SMILES string of the molecule is CCCc1cccc(OCCCC(=O)N2CCCC2)c1. The lowest BCUT2D eigenvalue weighted by atomic mass is 10.1. The topological polar surface area (TPSA) is 29.5 Å². The Balaban J connectivity index is 1.67. The van der Waals surface area contributed by atoms with Crippen LogP contribution in [0.2, 0.25) is 0 Å². The lowest BCUT2D eigenvalue weighted by Crippen LogP contribution is -2.27. The third kappa shape index (κ3) is 4.55. The van der Waals surface area contributed by atoms with Crippen LogP contribution in [0.15, 0.2) is 24.3 Å². The molecule has 2 rings (SSSR count). The summed E-state index contributed by atoms with van der Waals surface area (Å²) in [6.07, 6.45) is 5.96. The molecule has 1 amide bonds. The van der Waals surface area contributed by atoms with Gasteiger partial charge in [-0.3, -0.25) is 4.79 Å². The fourth-order valence-electron chi connectivity index (χ4n) is 2.62. The Hall–Kier alpha value is -1.51. The van der Waals surface area contributed by atoms with Crippen molar-refractivity contribution in [2.45, 2.75) is 45.4 Å². The summed E-state index contributed by atoms with van der Waals surface area (Å²) in [5.41, 5.74) is 1.32. The van der Waals surface area contributed by atoms with Gasteiger partial charge in [-0.15, -0.1) is 0 Å². The van der Waals surface area contributed by atoms with Gasteiger partial charge in [0.05, 0.1) is 6.61 Å². The smallest absolute Gasteiger partial charge is 0.222 e. The van der Waals surface area contributed by atoms with E-state index in [0.29, 0.717) is 13.0 Å². The Morgan fingerprint density at radius 2 is 2.10 bits per heavy atom. The number of hydrogen-bond acceptors (Lipinski definition) is 2. The molecule has 0 unspecified atom stereocenters. The van der Waals surface area contributed by atoms with Crippen LogP contribution in [0.1, 0.15) is 44.6 Å². The number of carbonyl (C=O) groups is 1. The van der Waals surface area contributed by atoms with Gasteiger partial charge in [0, 0.05) is 19.5 Å². The van der Waals surface area contributed by atoms with Gasteiger partial charge < -0.3 is 9.64 Å². The Morgan fingerprint density at radius 1 is 1.30 bits per heavy atom. The summed E-state index contributed by atoms with van der Waals surface area (Å²) in [5, 5.41) is 0. The normalized spacial score (nSPS) is 14.6. The summed E-state index contributed by atoms with van der Waals surface area (Å²) in [7, 11) is 0. The number of likely N-dealkylation sites (tertiary alicyclic amines) is 1. The summed E-state index contributed by atoms with van der Waals surface area (Å²) in [4.78, 5) is 13.8. The van der Waals surface area contributed by atoms with E-state index in [0.717, 1.165) is 50.9 Å². The van der Waals surface area contributed by atoms with Crippen molar-refractivity contribution in [1.29, 1.82) is 0 Å². The maximum Gasteiger partial charge on any atom is 0.222 e. The molecule has 3 nitrogen and oxygen atoms in total. The molecule has 1 aromatic rings. The fraction of sp³-hybridized carbons (Fsp3) is 0.588. The van der Waals surface area contributed by atoms with Gasteiger partial charge in [0.25, 0.3) is 0 Å². The first-order valence-electron chi connectivity index (χ1n) is 7.79. The molecule has 1 aromatic carbocycles. The van der Waals surface area contributed by atoms with Crippen LogP contribution < -0.4 is 4.74 Å². The third-order valence-corrected chi connectivity index (χ3v) is 3.70. The van der Waals surface area contributed by atoms with Gasteiger partial charge >= 0.3 is 0 Å². The Labute approximate surface area is 121 Å². The van der Waals surface area contributed by atoms with Crippen molar-refractivity contribution in [3.05, 3.63) is 29.8 Å². The second-order valence-corrected chi connectivity index (χ2v) is 5.44. The van der Waals surface area contributed by atoms with Crippen LogP contribution in [0.3, 0.4) is 0 Å². The lowest BCUT2D eigenvalue weighted by Gasteiger charge is -2.15. The van der Waals surface area contributed by atoms with Gasteiger partial charge in [0.2, 0.25) is 5.91 Å². The quantitative estimate of drug-likeness (QED) is 0.714. The van der Waals surface area contributed by atoms with Crippen molar-refractivity contribution in [2.75, 3.05) is 19.7 Å². The van der Waals surface area contributed by atoms with Crippen molar-refractivity contribution in [3.63, 3.8) is 0 Å². The van der Waals surface area contributed by atoms with Crippen LogP contribution in [0, 0.1) is 0 Å². The minimum atomic E-state index is 0.283. The van der Waals surface area contributed by atoms with E-state index in [-0.39, 0.29) is 5.91 Å². The molecule has 0 bridgehead atoms. The molecular weight excluding hydrogens is 250 g/mol. The predicted molar refractivity (Wildman–Crippen MR) is 81.0 cm³/mol. The molecule has 20 heavy (non-hydrogen) atoms. The number of amides is 1. The van der Waals surface area contributed by atoms with Crippen LogP contribution in [0.5, 0.6) is 5.75 Å². The minimum Gasteiger partial charge on any atom is -0.494 e. The van der Waals surface area contributed by atoms with Gasteiger partial charge in [0.15, 0.2) is 0 Å². The van der Waals surface area contributed by atoms with E-state index in [4.69, 9.17) is 4.74 Å². The molecule has 0 spiro atoms. The molecule has 1 aliphatic rings. The first kappa shape index (κ1) is 14.9. The Bertz CT molecular complexity index is 425. The van der Waals surface area contributed by atoms with E-state index in [1.165, 1.54) is 5.56 Å². The van der Waals surface area contributed by atoms with E-state index in [2.05, 4.69) is 19.1 Å². The first-order chi connectivity index (χ1) is 9.79. The van der Waals surface area contributed by atoms with Crippen LogP contribution >= 0.6 is 0 Å². The maximum atomic E-state index is 11.9. The molecule has 0 aliphatic carbocycles. The highest BCUT2D eigenvalue weighted by atomic mass is 16.5. The molecule has 0 N–H and O–H groups in total. The molecule has 0 radical (unpaired) electrons. The van der Waals surface area contributed by atoms with Crippen molar-refractivity contribution in [1.82, 2.24) is 4.90 Å². The lowest BCUT2D eigenvalue weighted by molar-refractivity contribution is -0.130. The van der Waals surface area contributed by atoms with Crippen LogP contribution in [-0.4, -0.2) is 30.5 Å². The van der Waals surface area contributed by atoms with E-state index in [1.54, 1.807) is 0 Å². The molecule has 1 aliphatic heterocycles. The fourth-order valence-corrected chi connectivity index (χ4v) is 2.62. The van der Waals surface area contributed by atoms with Crippen molar-refractivity contribution in [3.8, 4) is 5.75 Å². The summed E-state index contributed by atoms with van der Waals surface area (Å²) < 4.78 is 5.74. The van der Waals surface area contributed by atoms with E-state index < -0.39 is 0 Å². The standard InChI is InChI=1S/C17H25NO2/c1-2-7-15-8-5-9-16(14-15)20-13-6-10-17(19)18-11-3-4-12-18/h5,8-9,14H,2-4,6-7,10-13H2,1H3. The average Bonchev–Trinajstić information content (AvgIpc) is 2.98. The Kier molecular flexibility index (Phi) is 5.90. The predicted octanol–water partition coefficient (Wildman–Crippen LogP) is 3.42. The summed E-state index contributed by atoms with van der Waals surface area (Å²) in [6, 6.07) is 8.26. The molecule has 3 heteroatoms. The number of nitrogens with zero attached hydrogens (tertiary/aromatic N) is 1. The largest absolute Gasteiger partial charge is 0.494 e. The van der Waals surface area contributed by atoms with E-state index in [9.17, 15) is 4.79 Å². The Morgan fingerprint density at radius 3 is 2.85 bits per heavy atom. The van der Waals surface area contributed by atoms with Gasteiger partial charge in [-0.2, -0.15) is 0 Å². The van der Waals surface area contributed by atoms with Crippen LogP contribution in [-0.2, 0) is 11.2 Å². The molecule has 0 atom stereocenters. The van der Waals surface area contributed by atoms with Crippen molar-refractivity contribution in [2.24, 2.45) is 0 Å². The highest BCUT2D eigenvalue weighted by Gasteiger charge is 2.16. The number of benzene rings is 1. The third-order valence-electron chi connectivity index (χ3n) is 3.70. The van der Waals surface area contributed by atoms with E-state index >= 15 is 0 Å². The minimum absolute atomic E-state index is 0.283. The van der Waals surface area contributed by atoms with Gasteiger partial charge in [-0.05, 0) is 43.4 Å². The van der Waals surface area contributed by atoms with E-state index in [1.807, 2.05) is 17.0 Å².